The highest BCUT2D eigenvalue weighted by atomic mass is 35.5. The Morgan fingerprint density at radius 2 is 1.86 bits per heavy atom. The number of amides is 1. The number of hydrogen-bond acceptors (Lipinski definition) is 5. The van der Waals surface area contributed by atoms with Crippen molar-refractivity contribution in [2.24, 2.45) is 0 Å². The maximum absolute atomic E-state index is 12.9. The normalized spacial score (nSPS) is 11.9. The molecule has 28 heavy (non-hydrogen) atoms. The second-order valence-corrected chi connectivity index (χ2v) is 6.71. The van der Waals surface area contributed by atoms with E-state index in [1.54, 1.807) is 50.4 Å². The summed E-state index contributed by atoms with van der Waals surface area (Å²) in [5, 5.41) is 4.21. The third kappa shape index (κ3) is 4.12. The third-order valence-corrected chi connectivity index (χ3v) is 4.78. The van der Waals surface area contributed by atoms with Gasteiger partial charge in [0.15, 0.2) is 5.76 Å². The average Bonchev–Trinajstić information content (AvgIpc) is 3.04. The molecule has 0 aliphatic heterocycles. The summed E-state index contributed by atoms with van der Waals surface area (Å²) in [6, 6.07) is 11.7. The molecule has 3 aromatic rings. The summed E-state index contributed by atoms with van der Waals surface area (Å²) < 4.78 is 15.7. The van der Waals surface area contributed by atoms with Gasteiger partial charge in [-0.25, -0.2) is 0 Å². The molecule has 7 heteroatoms. The highest BCUT2D eigenvalue weighted by molar-refractivity contribution is 6.30. The van der Waals surface area contributed by atoms with Crippen LogP contribution in [0, 0.1) is 6.92 Å². The molecule has 0 saturated heterocycles. The van der Waals surface area contributed by atoms with Crippen molar-refractivity contribution in [2.75, 3.05) is 14.2 Å². The SMILES string of the molecule is COC(=O)CC(NC(=O)c1oc2ccc(OC)cc2c1C)c1ccc(Cl)cc1. The topological polar surface area (TPSA) is 77.8 Å². The lowest BCUT2D eigenvalue weighted by Crippen LogP contribution is -2.30. The number of fused-ring (bicyclic) bond motifs is 1. The van der Waals surface area contributed by atoms with Crippen LogP contribution in [0.5, 0.6) is 5.75 Å². The summed E-state index contributed by atoms with van der Waals surface area (Å²) in [5.41, 5.74) is 2.01. The van der Waals surface area contributed by atoms with Crippen LogP contribution in [-0.2, 0) is 9.53 Å². The molecule has 1 aromatic heterocycles. The van der Waals surface area contributed by atoms with Crippen molar-refractivity contribution in [1.29, 1.82) is 0 Å². The van der Waals surface area contributed by atoms with Crippen molar-refractivity contribution in [3.05, 3.63) is 64.4 Å². The van der Waals surface area contributed by atoms with Gasteiger partial charge in [0.25, 0.3) is 5.91 Å². The van der Waals surface area contributed by atoms with Crippen LogP contribution in [0.1, 0.15) is 34.1 Å². The van der Waals surface area contributed by atoms with Crippen molar-refractivity contribution in [1.82, 2.24) is 5.32 Å². The molecule has 0 aliphatic rings. The minimum atomic E-state index is -0.584. The summed E-state index contributed by atoms with van der Waals surface area (Å²) in [4.78, 5) is 24.7. The summed E-state index contributed by atoms with van der Waals surface area (Å²) in [6.45, 7) is 1.80. The van der Waals surface area contributed by atoms with E-state index in [2.05, 4.69) is 5.32 Å². The quantitative estimate of drug-likeness (QED) is 0.618. The molecular formula is C21H20ClNO5. The first-order chi connectivity index (χ1) is 13.4. The van der Waals surface area contributed by atoms with E-state index in [9.17, 15) is 9.59 Å². The van der Waals surface area contributed by atoms with Crippen molar-refractivity contribution in [3.63, 3.8) is 0 Å². The molecule has 1 heterocycles. The number of nitrogens with one attached hydrogen (secondary N) is 1. The number of furan rings is 1. The maximum atomic E-state index is 12.9. The lowest BCUT2D eigenvalue weighted by Gasteiger charge is -2.18. The number of hydrogen-bond donors (Lipinski definition) is 1. The second-order valence-electron chi connectivity index (χ2n) is 6.28. The number of halogens is 1. The minimum Gasteiger partial charge on any atom is -0.497 e. The number of ether oxygens (including phenoxy) is 2. The van der Waals surface area contributed by atoms with Crippen LogP contribution in [0.25, 0.3) is 11.0 Å². The monoisotopic (exact) mass is 401 g/mol. The molecule has 0 bridgehead atoms. The van der Waals surface area contributed by atoms with Crippen LogP contribution in [0.15, 0.2) is 46.9 Å². The van der Waals surface area contributed by atoms with Gasteiger partial charge in [0, 0.05) is 16.0 Å². The number of carbonyl (C=O) groups is 2. The Hall–Kier alpha value is -2.99. The molecule has 2 aromatic carbocycles. The fourth-order valence-corrected chi connectivity index (χ4v) is 3.09. The van der Waals surface area contributed by atoms with Gasteiger partial charge in [0.1, 0.15) is 11.3 Å². The summed E-state index contributed by atoms with van der Waals surface area (Å²) >= 11 is 5.94. The van der Waals surface area contributed by atoms with E-state index in [4.69, 9.17) is 25.5 Å². The smallest absolute Gasteiger partial charge is 0.307 e. The minimum absolute atomic E-state index is 0.0169. The van der Waals surface area contributed by atoms with Crippen LogP contribution in [-0.4, -0.2) is 26.1 Å². The van der Waals surface area contributed by atoms with Gasteiger partial charge < -0.3 is 19.2 Å². The van der Waals surface area contributed by atoms with E-state index in [0.717, 1.165) is 10.9 Å². The lowest BCUT2D eigenvalue weighted by atomic mass is 10.0. The van der Waals surface area contributed by atoms with E-state index in [0.29, 0.717) is 21.9 Å². The van der Waals surface area contributed by atoms with Crippen LogP contribution in [0.3, 0.4) is 0 Å². The van der Waals surface area contributed by atoms with E-state index in [1.165, 1.54) is 7.11 Å². The van der Waals surface area contributed by atoms with Crippen molar-refractivity contribution in [3.8, 4) is 5.75 Å². The van der Waals surface area contributed by atoms with Crippen molar-refractivity contribution < 1.29 is 23.5 Å². The molecule has 1 unspecified atom stereocenters. The number of methoxy groups -OCH3 is 2. The zero-order chi connectivity index (χ0) is 20.3. The number of esters is 1. The molecule has 146 valence electrons. The van der Waals surface area contributed by atoms with Crippen LogP contribution < -0.4 is 10.1 Å². The molecule has 0 aliphatic carbocycles. The van der Waals surface area contributed by atoms with E-state index in [1.807, 2.05) is 6.07 Å². The average molecular weight is 402 g/mol. The number of aryl methyl sites for hydroxylation is 1. The Kier molecular flexibility index (Phi) is 5.90. The largest absolute Gasteiger partial charge is 0.497 e. The van der Waals surface area contributed by atoms with Gasteiger partial charge in [-0.05, 0) is 42.8 Å². The van der Waals surface area contributed by atoms with Crippen LogP contribution in [0.2, 0.25) is 5.02 Å². The molecule has 1 atom stereocenters. The van der Waals surface area contributed by atoms with E-state index < -0.39 is 17.9 Å². The first-order valence-corrected chi connectivity index (χ1v) is 9.01. The molecule has 0 spiro atoms. The Bertz CT molecular complexity index is 1010. The number of carbonyl (C=O) groups excluding carboxylic acids is 2. The predicted molar refractivity (Wildman–Crippen MR) is 106 cm³/mol. The summed E-state index contributed by atoms with van der Waals surface area (Å²) in [7, 11) is 2.88. The molecule has 1 amide bonds. The Morgan fingerprint density at radius 3 is 2.50 bits per heavy atom. The standard InChI is InChI=1S/C21H20ClNO5/c1-12-16-10-15(26-2)8-9-18(16)28-20(12)21(25)23-17(11-19(24)27-3)13-4-6-14(22)7-5-13/h4-10,17H,11H2,1-3H3,(H,23,25). The van der Waals surface area contributed by atoms with Crippen molar-refractivity contribution >= 4 is 34.4 Å². The maximum Gasteiger partial charge on any atom is 0.307 e. The first-order valence-electron chi connectivity index (χ1n) is 8.63. The fourth-order valence-electron chi connectivity index (χ4n) is 2.96. The molecule has 1 N–H and O–H groups in total. The highest BCUT2D eigenvalue weighted by Gasteiger charge is 2.24. The Morgan fingerprint density at radius 1 is 1.14 bits per heavy atom. The third-order valence-electron chi connectivity index (χ3n) is 4.53. The number of benzene rings is 2. The zero-order valence-electron chi connectivity index (χ0n) is 15.7. The summed E-state index contributed by atoms with van der Waals surface area (Å²) in [5.74, 6) is 0.00278. The van der Waals surface area contributed by atoms with Gasteiger partial charge in [0.05, 0.1) is 26.7 Å². The first kappa shape index (κ1) is 19.8. The van der Waals surface area contributed by atoms with Gasteiger partial charge >= 0.3 is 5.97 Å². The van der Waals surface area contributed by atoms with Gasteiger partial charge in [-0.3, -0.25) is 9.59 Å². The highest BCUT2D eigenvalue weighted by Crippen LogP contribution is 2.29. The molecule has 0 saturated carbocycles. The molecule has 6 nitrogen and oxygen atoms in total. The Labute approximate surface area is 167 Å². The predicted octanol–water partition coefficient (Wildman–Crippen LogP) is 4.44. The van der Waals surface area contributed by atoms with E-state index >= 15 is 0 Å². The van der Waals surface area contributed by atoms with Gasteiger partial charge in [-0.2, -0.15) is 0 Å². The van der Waals surface area contributed by atoms with Gasteiger partial charge in [0.2, 0.25) is 0 Å². The van der Waals surface area contributed by atoms with Crippen molar-refractivity contribution in [2.45, 2.75) is 19.4 Å². The lowest BCUT2D eigenvalue weighted by molar-refractivity contribution is -0.141. The summed E-state index contributed by atoms with van der Waals surface area (Å²) in [6.07, 6.45) is -0.0169. The van der Waals surface area contributed by atoms with Crippen LogP contribution >= 0.6 is 11.6 Å². The molecular weight excluding hydrogens is 382 g/mol. The second kappa shape index (κ2) is 8.35. The molecule has 0 fully saturated rings. The molecule has 0 radical (unpaired) electrons. The zero-order valence-corrected chi connectivity index (χ0v) is 16.5. The van der Waals surface area contributed by atoms with Gasteiger partial charge in [-0.1, -0.05) is 23.7 Å². The van der Waals surface area contributed by atoms with Gasteiger partial charge in [-0.15, -0.1) is 0 Å². The number of rotatable bonds is 6. The van der Waals surface area contributed by atoms with Crippen LogP contribution in [0.4, 0.5) is 0 Å². The Balaban J connectivity index is 1.91. The van der Waals surface area contributed by atoms with E-state index in [-0.39, 0.29) is 12.2 Å². The fraction of sp³-hybridized carbons (Fsp3) is 0.238. The molecule has 3 rings (SSSR count).